The molecule has 1 N–H and O–H groups in total. The summed E-state index contributed by atoms with van der Waals surface area (Å²) in [4.78, 5) is 27.5. The molecule has 0 atom stereocenters. The molecule has 0 bridgehead atoms. The van der Waals surface area contributed by atoms with E-state index in [4.69, 9.17) is 4.74 Å². The molecule has 0 saturated heterocycles. The number of pyridine rings is 1. The molecule has 1 heterocycles. The minimum atomic E-state index is -1.02. The maximum atomic E-state index is 11.5. The number of aromatic nitrogens is 1. The molecule has 0 spiro atoms. The van der Waals surface area contributed by atoms with E-state index >= 15 is 0 Å². The van der Waals surface area contributed by atoms with Gasteiger partial charge in [-0.15, -0.1) is 0 Å². The number of ether oxygens (including phenoxy) is 1. The zero-order chi connectivity index (χ0) is 17.0. The van der Waals surface area contributed by atoms with Crippen molar-refractivity contribution >= 4 is 18.1 Å². The van der Waals surface area contributed by atoms with E-state index in [0.717, 1.165) is 0 Å². The highest BCUT2D eigenvalue weighted by Gasteiger charge is 2.27. The molecule has 120 valence electrons. The van der Waals surface area contributed by atoms with Gasteiger partial charge in [-0.05, 0) is 51.1 Å². The Bertz CT molecular complexity index is 705. The van der Waals surface area contributed by atoms with Crippen LogP contribution < -0.4 is 9.64 Å². The second kappa shape index (κ2) is 6.48. The van der Waals surface area contributed by atoms with Crippen molar-refractivity contribution in [1.82, 2.24) is 4.98 Å². The summed E-state index contributed by atoms with van der Waals surface area (Å²) < 4.78 is 5.64. The fourth-order valence-corrected chi connectivity index (χ4v) is 2.15. The normalized spacial score (nSPS) is 10.9. The Morgan fingerprint density at radius 2 is 1.87 bits per heavy atom. The van der Waals surface area contributed by atoms with Crippen molar-refractivity contribution in [2.24, 2.45) is 0 Å². The van der Waals surface area contributed by atoms with Gasteiger partial charge in [0, 0.05) is 23.6 Å². The summed E-state index contributed by atoms with van der Waals surface area (Å²) in [6.07, 6.45) is 2.59. The van der Waals surface area contributed by atoms with Crippen molar-refractivity contribution in [3.8, 4) is 11.5 Å². The van der Waals surface area contributed by atoms with E-state index in [2.05, 4.69) is 4.98 Å². The summed E-state index contributed by atoms with van der Waals surface area (Å²) >= 11 is 0. The van der Waals surface area contributed by atoms with Gasteiger partial charge in [-0.1, -0.05) is 0 Å². The number of hydrogen-bond acceptors (Lipinski definition) is 4. The topological polar surface area (TPSA) is 79.7 Å². The molecule has 6 heteroatoms. The minimum Gasteiger partial charge on any atom is -0.465 e. The van der Waals surface area contributed by atoms with Gasteiger partial charge in [-0.25, -0.2) is 4.79 Å². The molecule has 1 aromatic heterocycles. The van der Waals surface area contributed by atoms with Gasteiger partial charge in [0.05, 0.1) is 5.56 Å². The Morgan fingerprint density at radius 3 is 2.39 bits per heavy atom. The predicted molar refractivity (Wildman–Crippen MR) is 86.4 cm³/mol. The molecular formula is C17H18N2O4. The summed E-state index contributed by atoms with van der Waals surface area (Å²) in [5.41, 5.74) is 0.324. The van der Waals surface area contributed by atoms with Crippen LogP contribution in [0.25, 0.3) is 0 Å². The van der Waals surface area contributed by atoms with Crippen molar-refractivity contribution in [3.63, 3.8) is 0 Å². The molecular weight excluding hydrogens is 296 g/mol. The van der Waals surface area contributed by atoms with Crippen LogP contribution >= 0.6 is 0 Å². The first-order valence-electron chi connectivity index (χ1n) is 7.03. The van der Waals surface area contributed by atoms with Crippen LogP contribution in [0.3, 0.4) is 0 Å². The lowest BCUT2D eigenvalue weighted by Gasteiger charge is -2.33. The quantitative estimate of drug-likeness (QED) is 0.864. The van der Waals surface area contributed by atoms with Gasteiger partial charge >= 0.3 is 6.09 Å². The van der Waals surface area contributed by atoms with Crippen molar-refractivity contribution in [1.29, 1.82) is 0 Å². The molecule has 0 aliphatic heterocycles. The molecule has 6 nitrogen and oxygen atoms in total. The van der Waals surface area contributed by atoms with E-state index in [9.17, 15) is 14.7 Å². The summed E-state index contributed by atoms with van der Waals surface area (Å²) in [6.45, 7) is 5.45. The number of aldehydes is 1. The zero-order valence-corrected chi connectivity index (χ0v) is 13.2. The predicted octanol–water partition coefficient (Wildman–Crippen LogP) is 3.97. The lowest BCUT2D eigenvalue weighted by atomic mass is 10.1. The largest absolute Gasteiger partial charge is 0.465 e. The van der Waals surface area contributed by atoms with Gasteiger partial charge in [0.2, 0.25) is 0 Å². The summed E-state index contributed by atoms with van der Waals surface area (Å²) in [5.74, 6) is 0.899. The molecule has 2 aromatic rings. The van der Waals surface area contributed by atoms with Gasteiger partial charge in [-0.3, -0.25) is 14.7 Å². The van der Waals surface area contributed by atoms with Gasteiger partial charge in [0.1, 0.15) is 11.5 Å². The third kappa shape index (κ3) is 3.85. The second-order valence-electron chi connectivity index (χ2n) is 5.92. The van der Waals surface area contributed by atoms with Gasteiger partial charge in [0.25, 0.3) is 0 Å². The molecule has 0 aliphatic rings. The number of carbonyl (C=O) groups excluding carboxylic acids is 1. The number of rotatable bonds is 4. The van der Waals surface area contributed by atoms with Crippen molar-refractivity contribution in [3.05, 3.63) is 48.3 Å². The molecule has 1 aromatic carbocycles. The number of amides is 1. The monoisotopic (exact) mass is 314 g/mol. The summed E-state index contributed by atoms with van der Waals surface area (Å²) in [7, 11) is 0. The molecule has 0 saturated carbocycles. The lowest BCUT2D eigenvalue weighted by molar-refractivity contribution is 0.112. The third-order valence-corrected chi connectivity index (χ3v) is 3.12. The van der Waals surface area contributed by atoms with E-state index in [1.165, 1.54) is 17.3 Å². The van der Waals surface area contributed by atoms with Crippen molar-refractivity contribution in [2.75, 3.05) is 4.90 Å². The molecule has 0 fully saturated rings. The van der Waals surface area contributed by atoms with Crippen LogP contribution in [0.5, 0.6) is 11.5 Å². The number of benzene rings is 1. The van der Waals surface area contributed by atoms with Crippen LogP contribution in [0.4, 0.5) is 10.5 Å². The third-order valence-electron chi connectivity index (χ3n) is 3.12. The van der Waals surface area contributed by atoms with E-state index in [1.54, 1.807) is 30.3 Å². The van der Waals surface area contributed by atoms with E-state index < -0.39 is 11.6 Å². The number of carboxylic acid groups (broad SMARTS) is 1. The highest BCUT2D eigenvalue weighted by atomic mass is 16.5. The highest BCUT2D eigenvalue weighted by molar-refractivity contribution is 5.87. The van der Waals surface area contributed by atoms with Gasteiger partial charge < -0.3 is 9.84 Å². The maximum absolute atomic E-state index is 11.5. The van der Waals surface area contributed by atoms with Crippen LogP contribution in [-0.4, -0.2) is 28.0 Å². The van der Waals surface area contributed by atoms with Crippen LogP contribution in [0.15, 0.2) is 42.7 Å². The number of carbonyl (C=O) groups is 2. The van der Waals surface area contributed by atoms with E-state index in [1.807, 2.05) is 20.8 Å². The second-order valence-corrected chi connectivity index (χ2v) is 5.92. The van der Waals surface area contributed by atoms with Gasteiger partial charge in [-0.2, -0.15) is 0 Å². The zero-order valence-electron chi connectivity index (χ0n) is 13.2. The van der Waals surface area contributed by atoms with Crippen LogP contribution in [0.1, 0.15) is 31.1 Å². The molecule has 0 aliphatic carbocycles. The van der Waals surface area contributed by atoms with Crippen LogP contribution in [0.2, 0.25) is 0 Å². The smallest absolute Gasteiger partial charge is 0.412 e. The van der Waals surface area contributed by atoms with Crippen molar-refractivity contribution in [2.45, 2.75) is 26.3 Å². The highest BCUT2D eigenvalue weighted by Crippen LogP contribution is 2.29. The standard InChI is InChI=1S/C17H18N2O4/c1-17(2,3)19(16(21)22)13-4-6-14(7-5-13)23-15-8-9-18-10-12(15)11-20/h4-11H,1-3H3,(H,21,22). The van der Waals surface area contributed by atoms with E-state index in [-0.39, 0.29) is 0 Å². The lowest BCUT2D eigenvalue weighted by Crippen LogP contribution is -2.45. The Kier molecular flexibility index (Phi) is 4.64. The Balaban J connectivity index is 2.26. The molecule has 23 heavy (non-hydrogen) atoms. The molecule has 0 unspecified atom stereocenters. The van der Waals surface area contributed by atoms with Gasteiger partial charge in [0.15, 0.2) is 6.29 Å². The number of nitrogens with zero attached hydrogens (tertiary/aromatic N) is 2. The Labute approximate surface area is 134 Å². The first kappa shape index (κ1) is 16.5. The SMILES string of the molecule is CC(C)(C)N(C(=O)O)c1ccc(Oc2ccncc2C=O)cc1. The Morgan fingerprint density at radius 1 is 1.22 bits per heavy atom. The number of anilines is 1. The number of hydrogen-bond donors (Lipinski definition) is 1. The van der Waals surface area contributed by atoms with Crippen molar-refractivity contribution < 1.29 is 19.4 Å². The Hall–Kier alpha value is -2.89. The average Bonchev–Trinajstić information content (AvgIpc) is 2.48. The summed E-state index contributed by atoms with van der Waals surface area (Å²) in [5, 5.41) is 9.38. The fourth-order valence-electron chi connectivity index (χ4n) is 2.15. The fraction of sp³-hybridized carbons (Fsp3) is 0.235. The minimum absolute atomic E-state index is 0.346. The maximum Gasteiger partial charge on any atom is 0.412 e. The molecule has 2 rings (SSSR count). The van der Waals surface area contributed by atoms with Crippen LogP contribution in [-0.2, 0) is 0 Å². The average molecular weight is 314 g/mol. The van der Waals surface area contributed by atoms with E-state index in [0.29, 0.717) is 29.0 Å². The molecule has 1 amide bonds. The van der Waals surface area contributed by atoms with Crippen LogP contribution in [0, 0.1) is 0 Å². The summed E-state index contributed by atoms with van der Waals surface area (Å²) in [6, 6.07) is 8.24. The first-order chi connectivity index (χ1) is 10.8. The first-order valence-corrected chi connectivity index (χ1v) is 7.03. The molecule has 0 radical (unpaired) electrons.